The summed E-state index contributed by atoms with van der Waals surface area (Å²) >= 11 is 0. The van der Waals surface area contributed by atoms with Crippen molar-refractivity contribution in [3.8, 4) is 0 Å². The Morgan fingerprint density at radius 3 is 1.07 bits per heavy atom. The van der Waals surface area contributed by atoms with Crippen LogP contribution in [0.25, 0.3) is 0 Å². The fraction of sp³-hybridized carbons (Fsp3) is 0.189. The summed E-state index contributed by atoms with van der Waals surface area (Å²) in [6.07, 6.45) is 10.2. The Labute approximate surface area is 341 Å². The van der Waals surface area contributed by atoms with Gasteiger partial charge in [0, 0.05) is 35.6 Å². The molecule has 0 N–H and O–H groups in total. The molecule has 0 amide bonds. The summed E-state index contributed by atoms with van der Waals surface area (Å²) in [6.45, 7) is 2.13. The van der Waals surface area contributed by atoms with Crippen molar-refractivity contribution in [3.05, 3.63) is 251 Å². The van der Waals surface area contributed by atoms with Crippen molar-refractivity contribution in [2.45, 2.75) is 61.9 Å². The summed E-state index contributed by atoms with van der Waals surface area (Å²) in [5.41, 5.74) is 8.77. The molecule has 0 atom stereocenters. The molecule has 2 fully saturated rings. The number of hydrogen-bond acceptors (Lipinski definition) is 3. The van der Waals surface area contributed by atoms with Gasteiger partial charge in [-0.15, -0.1) is 0 Å². The Kier molecular flexibility index (Phi) is 10.3. The predicted octanol–water partition coefficient (Wildman–Crippen LogP) is 11.3. The largest absolute Gasteiger partial charge is 0.313 e. The fourth-order valence-electron chi connectivity index (χ4n) is 9.09. The summed E-state index contributed by atoms with van der Waals surface area (Å²) in [4.78, 5) is 21.1. The number of carbonyl (C=O) groups excluding carboxylic acids is 1. The van der Waals surface area contributed by atoms with Crippen LogP contribution in [0.15, 0.2) is 194 Å². The topological polar surface area (TPSA) is 52.7 Å². The van der Waals surface area contributed by atoms with Crippen molar-refractivity contribution in [3.63, 3.8) is 0 Å². The lowest BCUT2D eigenvalue weighted by Crippen LogP contribution is -2.40. The summed E-state index contributed by atoms with van der Waals surface area (Å²) in [6, 6.07) is 64.3. The van der Waals surface area contributed by atoms with Crippen LogP contribution in [0, 0.1) is 6.92 Å². The summed E-state index contributed by atoms with van der Waals surface area (Å²) in [5.74, 6) is 2.96. The average molecular weight is 757 g/mol. The van der Waals surface area contributed by atoms with Crippen LogP contribution >= 0.6 is 0 Å². The van der Waals surface area contributed by atoms with Crippen molar-refractivity contribution in [2.75, 3.05) is 0 Å². The number of aryl methyl sites for hydroxylation is 1. The molecule has 0 radical (unpaired) electrons. The van der Waals surface area contributed by atoms with E-state index in [1.54, 1.807) is 0 Å². The molecule has 10 rings (SSSR count). The third kappa shape index (κ3) is 6.60. The second-order valence-corrected chi connectivity index (χ2v) is 15.5. The quantitative estimate of drug-likeness (QED) is 0.0921. The number of hydrogen-bond donors (Lipinski definition) is 0. The molecular formula is C53H48N4O. The SMILES string of the molecule is Cc1ncc(C2CC2)n1C(c1ccccc1)(c1ccccc1)c1ccccc1.O=CCc1ncc(C2CC2)n1C(c1ccccc1)(c1ccccc1)c1ccccc1. The third-order valence-electron chi connectivity index (χ3n) is 11.9. The molecule has 0 aliphatic heterocycles. The molecule has 8 aromatic rings. The maximum atomic E-state index is 11.6. The molecular weight excluding hydrogens is 709 g/mol. The molecule has 2 heterocycles. The van der Waals surface area contributed by atoms with Crippen LogP contribution in [0.2, 0.25) is 0 Å². The average Bonchev–Trinajstić information content (AvgIpc) is 4.25. The van der Waals surface area contributed by atoms with E-state index in [9.17, 15) is 4.79 Å². The molecule has 2 aliphatic rings. The Balaban J connectivity index is 0.000000151. The van der Waals surface area contributed by atoms with E-state index in [0.29, 0.717) is 18.3 Å². The van der Waals surface area contributed by atoms with Gasteiger partial charge in [0.2, 0.25) is 0 Å². The van der Waals surface area contributed by atoms with Crippen LogP contribution in [0.4, 0.5) is 0 Å². The maximum absolute atomic E-state index is 11.6. The van der Waals surface area contributed by atoms with Crippen molar-refractivity contribution in [1.29, 1.82) is 0 Å². The minimum absolute atomic E-state index is 0.293. The van der Waals surface area contributed by atoms with E-state index in [4.69, 9.17) is 9.97 Å². The predicted molar refractivity (Wildman–Crippen MR) is 232 cm³/mol. The van der Waals surface area contributed by atoms with Crippen LogP contribution in [-0.2, 0) is 22.3 Å². The third-order valence-corrected chi connectivity index (χ3v) is 11.9. The Bertz CT molecular complexity index is 2360. The number of aromatic nitrogens is 4. The Morgan fingerprint density at radius 2 is 0.759 bits per heavy atom. The van der Waals surface area contributed by atoms with Gasteiger partial charge in [-0.05, 0) is 66.0 Å². The first-order valence-corrected chi connectivity index (χ1v) is 20.6. The zero-order chi connectivity index (χ0) is 39.4. The second-order valence-electron chi connectivity index (χ2n) is 15.5. The van der Waals surface area contributed by atoms with E-state index in [-0.39, 0.29) is 0 Å². The molecule has 5 heteroatoms. The highest BCUT2D eigenvalue weighted by Crippen LogP contribution is 2.49. The summed E-state index contributed by atoms with van der Waals surface area (Å²) in [5, 5.41) is 0. The minimum Gasteiger partial charge on any atom is -0.313 e. The lowest BCUT2D eigenvalue weighted by Gasteiger charge is -2.40. The van der Waals surface area contributed by atoms with Crippen LogP contribution in [0.3, 0.4) is 0 Å². The zero-order valence-corrected chi connectivity index (χ0v) is 32.9. The number of nitrogens with zero attached hydrogens (tertiary/aromatic N) is 4. The Morgan fingerprint density at radius 1 is 0.466 bits per heavy atom. The van der Waals surface area contributed by atoms with E-state index in [1.165, 1.54) is 53.8 Å². The standard InChI is InChI=1S/C27H24N2O.C26H24N2/c30-19-18-26-28-20-25(21-16-17-21)29(26)27(22-10-4-1-5-11-22,23-12-6-2-7-13-23)24-14-8-3-9-15-24;1-20-27-19-25(21-17-18-21)28(20)26(22-11-5-2-6-12-22,23-13-7-3-8-14-23)24-15-9-4-10-16-24/h1-15,19-21H,16-18H2;2-16,19,21H,17-18H2,1H3. The molecule has 286 valence electrons. The first-order valence-electron chi connectivity index (χ1n) is 20.6. The van der Waals surface area contributed by atoms with Gasteiger partial charge < -0.3 is 13.9 Å². The lowest BCUT2D eigenvalue weighted by atomic mass is 9.76. The van der Waals surface area contributed by atoms with Crippen molar-refractivity contribution in [2.24, 2.45) is 0 Å². The Hall–Kier alpha value is -6.59. The highest BCUT2D eigenvalue weighted by atomic mass is 16.1. The summed E-state index contributed by atoms with van der Waals surface area (Å²) < 4.78 is 4.84. The van der Waals surface area contributed by atoms with Gasteiger partial charge in [-0.1, -0.05) is 182 Å². The van der Waals surface area contributed by atoms with Gasteiger partial charge in [0.1, 0.15) is 29.0 Å². The molecule has 2 aliphatic carbocycles. The number of aldehydes is 1. The van der Waals surface area contributed by atoms with Gasteiger partial charge >= 0.3 is 0 Å². The maximum Gasteiger partial charge on any atom is 0.127 e. The zero-order valence-electron chi connectivity index (χ0n) is 32.9. The van der Waals surface area contributed by atoms with E-state index in [0.717, 1.165) is 34.6 Å². The molecule has 5 nitrogen and oxygen atoms in total. The van der Waals surface area contributed by atoms with Gasteiger partial charge in [0.25, 0.3) is 0 Å². The van der Waals surface area contributed by atoms with Gasteiger partial charge in [-0.2, -0.15) is 0 Å². The first-order chi connectivity index (χ1) is 28.7. The van der Waals surface area contributed by atoms with E-state index >= 15 is 0 Å². The number of benzene rings is 6. The van der Waals surface area contributed by atoms with Gasteiger partial charge in [0.15, 0.2) is 0 Å². The van der Waals surface area contributed by atoms with Crippen molar-refractivity contribution >= 4 is 6.29 Å². The van der Waals surface area contributed by atoms with Crippen LogP contribution < -0.4 is 0 Å². The second kappa shape index (κ2) is 16.1. The molecule has 0 unspecified atom stereocenters. The van der Waals surface area contributed by atoms with Crippen molar-refractivity contribution < 1.29 is 4.79 Å². The lowest BCUT2D eigenvalue weighted by molar-refractivity contribution is -0.107. The van der Waals surface area contributed by atoms with E-state index < -0.39 is 11.1 Å². The van der Waals surface area contributed by atoms with Gasteiger partial charge in [0.05, 0.1) is 6.42 Å². The fourth-order valence-corrected chi connectivity index (χ4v) is 9.09. The first kappa shape index (κ1) is 37.0. The monoisotopic (exact) mass is 756 g/mol. The highest BCUT2D eigenvalue weighted by molar-refractivity contribution is 5.57. The smallest absolute Gasteiger partial charge is 0.127 e. The molecule has 2 aromatic heterocycles. The summed E-state index contributed by atoms with van der Waals surface area (Å²) in [7, 11) is 0. The normalized spacial score (nSPS) is 14.0. The number of imidazole rings is 2. The molecule has 0 spiro atoms. The van der Waals surface area contributed by atoms with Gasteiger partial charge in [-0.3, -0.25) is 0 Å². The van der Waals surface area contributed by atoms with E-state index in [2.05, 4.69) is 186 Å². The van der Waals surface area contributed by atoms with Crippen molar-refractivity contribution in [1.82, 2.24) is 19.1 Å². The van der Waals surface area contributed by atoms with Crippen LogP contribution in [-0.4, -0.2) is 25.4 Å². The van der Waals surface area contributed by atoms with E-state index in [1.807, 2.05) is 24.4 Å². The highest BCUT2D eigenvalue weighted by Gasteiger charge is 2.45. The minimum atomic E-state index is -0.601. The molecule has 0 saturated heterocycles. The molecule has 6 aromatic carbocycles. The van der Waals surface area contributed by atoms with Gasteiger partial charge in [-0.25, -0.2) is 9.97 Å². The number of carbonyl (C=O) groups is 1. The number of rotatable bonds is 12. The van der Waals surface area contributed by atoms with Crippen LogP contribution in [0.5, 0.6) is 0 Å². The molecule has 2 saturated carbocycles. The molecule has 0 bridgehead atoms. The molecule has 58 heavy (non-hydrogen) atoms. The van der Waals surface area contributed by atoms with Crippen LogP contribution in [0.1, 0.15) is 93.9 Å².